The highest BCUT2D eigenvalue weighted by atomic mass is 32.2. The lowest BCUT2D eigenvalue weighted by molar-refractivity contribution is -0.385. The van der Waals surface area contributed by atoms with Gasteiger partial charge < -0.3 is 13.7 Å². The lowest BCUT2D eigenvalue weighted by Crippen LogP contribution is -2.11. The van der Waals surface area contributed by atoms with Crippen LogP contribution in [0.25, 0.3) is 0 Å². The number of hydrogen-bond acceptors (Lipinski definition) is 7. The van der Waals surface area contributed by atoms with E-state index in [2.05, 4.69) is 0 Å². The number of rotatable bonds is 4. The zero-order chi connectivity index (χ0) is 17.2. The van der Waals surface area contributed by atoms with Crippen LogP contribution in [0.5, 0.6) is 17.2 Å². The third-order valence-electron chi connectivity index (χ3n) is 3.27. The molecular weight excluding hydrogens is 338 g/mol. The highest BCUT2D eigenvalue weighted by molar-refractivity contribution is 7.87. The number of para-hydroxylation sites is 2. The maximum atomic E-state index is 12.4. The van der Waals surface area contributed by atoms with Gasteiger partial charge in [-0.3, -0.25) is 10.1 Å². The van der Waals surface area contributed by atoms with Crippen molar-refractivity contribution in [1.82, 2.24) is 0 Å². The number of ether oxygens (including phenoxy) is 2. The van der Waals surface area contributed by atoms with E-state index in [1.54, 1.807) is 0 Å². The number of fused-ring (bicyclic) bond motifs is 1. The van der Waals surface area contributed by atoms with Gasteiger partial charge in [0.1, 0.15) is 4.90 Å². The molecule has 2 aromatic carbocycles. The van der Waals surface area contributed by atoms with E-state index in [0.717, 1.165) is 0 Å². The summed E-state index contributed by atoms with van der Waals surface area (Å²) in [6.07, 6.45) is 0.684. The molecule has 0 unspecified atom stereocenters. The van der Waals surface area contributed by atoms with Crippen molar-refractivity contribution in [3.05, 3.63) is 52.6 Å². The second kappa shape index (κ2) is 6.36. The Kier molecular flexibility index (Phi) is 4.26. The van der Waals surface area contributed by atoms with Crippen LogP contribution in [0.15, 0.2) is 47.4 Å². The zero-order valence-corrected chi connectivity index (χ0v) is 13.2. The Balaban J connectivity index is 1.94. The van der Waals surface area contributed by atoms with Crippen LogP contribution in [0.1, 0.15) is 6.42 Å². The highest BCUT2D eigenvalue weighted by Gasteiger charge is 2.24. The van der Waals surface area contributed by atoms with Crippen LogP contribution in [0.4, 0.5) is 5.69 Å². The van der Waals surface area contributed by atoms with Crippen LogP contribution in [0.3, 0.4) is 0 Å². The molecule has 0 saturated carbocycles. The van der Waals surface area contributed by atoms with Crippen LogP contribution in [-0.2, 0) is 10.1 Å². The topological polar surface area (TPSA) is 105 Å². The quantitative estimate of drug-likeness (QED) is 0.473. The Bertz CT molecular complexity index is 879. The minimum atomic E-state index is -4.25. The van der Waals surface area contributed by atoms with Crippen LogP contribution < -0.4 is 13.7 Å². The smallest absolute Gasteiger partial charge is 0.339 e. The van der Waals surface area contributed by atoms with Gasteiger partial charge in [-0.25, -0.2) is 0 Å². The molecule has 1 aliphatic heterocycles. The molecule has 1 heterocycles. The van der Waals surface area contributed by atoms with Crippen molar-refractivity contribution in [2.45, 2.75) is 11.3 Å². The molecule has 1 aliphatic rings. The second-order valence-corrected chi connectivity index (χ2v) is 6.47. The van der Waals surface area contributed by atoms with Gasteiger partial charge in [0, 0.05) is 18.6 Å². The first-order chi connectivity index (χ1) is 11.5. The number of nitro benzene ring substituents is 1. The number of hydrogen-bond donors (Lipinski definition) is 0. The summed E-state index contributed by atoms with van der Waals surface area (Å²) in [7, 11) is -4.25. The average molecular weight is 351 g/mol. The van der Waals surface area contributed by atoms with E-state index in [0.29, 0.717) is 31.1 Å². The fourth-order valence-electron chi connectivity index (χ4n) is 2.14. The van der Waals surface area contributed by atoms with Crippen molar-refractivity contribution >= 4 is 15.8 Å². The van der Waals surface area contributed by atoms with Crippen LogP contribution in [0.2, 0.25) is 0 Å². The van der Waals surface area contributed by atoms with Crippen molar-refractivity contribution in [2.75, 3.05) is 13.2 Å². The Morgan fingerprint density at radius 3 is 2.50 bits per heavy atom. The van der Waals surface area contributed by atoms with E-state index in [1.165, 1.54) is 42.5 Å². The van der Waals surface area contributed by atoms with Gasteiger partial charge in [0.2, 0.25) is 5.75 Å². The molecule has 126 valence electrons. The van der Waals surface area contributed by atoms with Crippen LogP contribution in [0, 0.1) is 10.1 Å². The van der Waals surface area contributed by atoms with Gasteiger partial charge in [0.15, 0.2) is 11.5 Å². The minimum absolute atomic E-state index is 0.176. The molecular formula is C15H13NO7S. The molecule has 3 rings (SSSR count). The lowest BCUT2D eigenvalue weighted by Gasteiger charge is -2.10. The molecule has 0 amide bonds. The first-order valence-electron chi connectivity index (χ1n) is 7.05. The van der Waals surface area contributed by atoms with E-state index >= 15 is 0 Å². The maximum absolute atomic E-state index is 12.4. The second-order valence-electron chi connectivity index (χ2n) is 4.92. The molecule has 24 heavy (non-hydrogen) atoms. The first-order valence-corrected chi connectivity index (χ1v) is 8.46. The summed E-state index contributed by atoms with van der Waals surface area (Å²) in [6.45, 7) is 0.882. The molecule has 2 aromatic rings. The molecule has 0 radical (unpaired) electrons. The van der Waals surface area contributed by atoms with Gasteiger partial charge in [-0.15, -0.1) is 0 Å². The van der Waals surface area contributed by atoms with Gasteiger partial charge in [-0.1, -0.05) is 12.1 Å². The van der Waals surface area contributed by atoms with E-state index in [9.17, 15) is 18.5 Å². The fourth-order valence-corrected chi connectivity index (χ4v) is 3.10. The van der Waals surface area contributed by atoms with Crippen LogP contribution >= 0.6 is 0 Å². The Morgan fingerprint density at radius 1 is 1.04 bits per heavy atom. The molecule has 0 spiro atoms. The standard InChI is InChI=1S/C15H13NO7S/c17-16(18)12-4-1-2-5-13(12)23-24(19,20)11-6-7-14-15(10-11)22-9-3-8-21-14/h1-2,4-7,10H,3,8-9H2. The summed E-state index contributed by atoms with van der Waals surface area (Å²) in [5, 5.41) is 11.0. The molecule has 0 saturated heterocycles. The van der Waals surface area contributed by atoms with Gasteiger partial charge in [-0.2, -0.15) is 8.42 Å². The van der Waals surface area contributed by atoms with E-state index < -0.39 is 20.7 Å². The Hall–Kier alpha value is -2.81. The molecule has 0 aromatic heterocycles. The van der Waals surface area contributed by atoms with Crippen molar-refractivity contribution in [3.63, 3.8) is 0 Å². The number of nitrogens with zero attached hydrogens (tertiary/aromatic N) is 1. The molecule has 9 heteroatoms. The third kappa shape index (κ3) is 3.25. The summed E-state index contributed by atoms with van der Waals surface area (Å²) in [4.78, 5) is 10.1. The maximum Gasteiger partial charge on any atom is 0.339 e. The monoisotopic (exact) mass is 351 g/mol. The Morgan fingerprint density at radius 2 is 1.75 bits per heavy atom. The molecule has 0 N–H and O–H groups in total. The van der Waals surface area contributed by atoms with E-state index in [1.807, 2.05) is 0 Å². The van der Waals surface area contributed by atoms with E-state index in [-0.39, 0.29) is 10.6 Å². The summed E-state index contributed by atoms with van der Waals surface area (Å²) in [5.41, 5.74) is -0.435. The predicted molar refractivity (Wildman–Crippen MR) is 83.0 cm³/mol. The molecule has 0 bridgehead atoms. The molecule has 0 atom stereocenters. The van der Waals surface area contributed by atoms with Crippen molar-refractivity contribution in [3.8, 4) is 17.2 Å². The fraction of sp³-hybridized carbons (Fsp3) is 0.200. The van der Waals surface area contributed by atoms with Gasteiger partial charge in [0.25, 0.3) is 0 Å². The molecule has 0 fully saturated rings. The largest absolute Gasteiger partial charge is 0.490 e. The van der Waals surface area contributed by atoms with Gasteiger partial charge in [0.05, 0.1) is 18.1 Å². The summed E-state index contributed by atoms with van der Waals surface area (Å²) in [5.74, 6) is 0.381. The summed E-state index contributed by atoms with van der Waals surface area (Å²) >= 11 is 0. The minimum Gasteiger partial charge on any atom is -0.490 e. The van der Waals surface area contributed by atoms with Gasteiger partial charge >= 0.3 is 15.8 Å². The number of nitro groups is 1. The first kappa shape index (κ1) is 16.1. The highest BCUT2D eigenvalue weighted by Crippen LogP contribution is 2.34. The molecule has 0 aliphatic carbocycles. The van der Waals surface area contributed by atoms with Crippen LogP contribution in [-0.4, -0.2) is 26.6 Å². The average Bonchev–Trinajstić information content (AvgIpc) is 2.79. The lowest BCUT2D eigenvalue weighted by atomic mass is 10.3. The summed E-state index contributed by atoms with van der Waals surface area (Å²) < 4.78 is 40.6. The third-order valence-corrected chi connectivity index (χ3v) is 4.50. The predicted octanol–water partition coefficient (Wildman–Crippen LogP) is 2.52. The molecule has 8 nitrogen and oxygen atoms in total. The SMILES string of the molecule is O=[N+]([O-])c1ccccc1OS(=O)(=O)c1ccc2c(c1)OCCCO2. The van der Waals surface area contributed by atoms with E-state index in [4.69, 9.17) is 13.7 Å². The van der Waals surface area contributed by atoms with Crippen molar-refractivity contribution in [1.29, 1.82) is 0 Å². The zero-order valence-electron chi connectivity index (χ0n) is 12.4. The Labute approximate surface area is 137 Å². The van der Waals surface area contributed by atoms with Crippen molar-refractivity contribution < 1.29 is 27.0 Å². The van der Waals surface area contributed by atoms with Crippen molar-refractivity contribution in [2.24, 2.45) is 0 Å². The normalized spacial score (nSPS) is 13.8. The van der Waals surface area contributed by atoms with Gasteiger partial charge in [-0.05, 0) is 18.2 Å². The number of benzene rings is 2. The summed E-state index contributed by atoms with van der Waals surface area (Å²) in [6, 6.07) is 9.31.